The molecule has 1 spiro atoms. The first kappa shape index (κ1) is 16.4. The summed E-state index contributed by atoms with van der Waals surface area (Å²) >= 11 is 0. The van der Waals surface area contributed by atoms with Gasteiger partial charge >= 0.3 is 0 Å². The zero-order chi connectivity index (χ0) is 17.4. The van der Waals surface area contributed by atoms with E-state index in [1.165, 1.54) is 18.4 Å². The molecule has 0 bridgehead atoms. The van der Waals surface area contributed by atoms with Crippen LogP contribution in [0.3, 0.4) is 0 Å². The Labute approximate surface area is 148 Å². The fraction of sp³-hybridized carbons (Fsp3) is 0.600. The number of phenols is 1. The Bertz CT molecular complexity index is 671. The van der Waals surface area contributed by atoms with Crippen LogP contribution in [0.25, 0.3) is 0 Å². The van der Waals surface area contributed by atoms with Gasteiger partial charge in [0, 0.05) is 38.8 Å². The molecular formula is C20H26N2O3. The Morgan fingerprint density at radius 1 is 1.32 bits per heavy atom. The van der Waals surface area contributed by atoms with Crippen LogP contribution in [0.4, 0.5) is 0 Å². The Kier molecular flexibility index (Phi) is 4.18. The van der Waals surface area contributed by atoms with Crippen molar-refractivity contribution in [1.29, 1.82) is 0 Å². The lowest BCUT2D eigenvalue weighted by atomic mass is 9.86. The Morgan fingerprint density at radius 3 is 2.56 bits per heavy atom. The van der Waals surface area contributed by atoms with Crippen molar-refractivity contribution in [3.8, 4) is 5.75 Å². The number of piperidine rings is 1. The first-order valence-electron chi connectivity index (χ1n) is 9.33. The highest BCUT2D eigenvalue weighted by atomic mass is 16.7. The van der Waals surface area contributed by atoms with E-state index < -0.39 is 0 Å². The molecule has 1 amide bonds. The zero-order valence-electron chi connectivity index (χ0n) is 14.8. The lowest BCUT2D eigenvalue weighted by Crippen LogP contribution is -2.47. The van der Waals surface area contributed by atoms with Gasteiger partial charge in [0.1, 0.15) is 11.4 Å². The number of likely N-dealkylation sites (tertiary alicyclic amines) is 1. The molecule has 134 valence electrons. The molecule has 4 rings (SSSR count). The van der Waals surface area contributed by atoms with Crippen LogP contribution in [0.1, 0.15) is 56.9 Å². The Morgan fingerprint density at radius 2 is 2.00 bits per heavy atom. The predicted octanol–water partition coefficient (Wildman–Crippen LogP) is 3.43. The van der Waals surface area contributed by atoms with Gasteiger partial charge in [-0.2, -0.15) is 0 Å². The van der Waals surface area contributed by atoms with Gasteiger partial charge in [0.15, 0.2) is 0 Å². The number of phenolic OH excluding ortho intramolecular Hbond substituents is 1. The quantitative estimate of drug-likeness (QED) is 0.912. The lowest BCUT2D eigenvalue weighted by Gasteiger charge is -2.37. The summed E-state index contributed by atoms with van der Waals surface area (Å²) in [7, 11) is 0. The molecule has 1 aliphatic carbocycles. The van der Waals surface area contributed by atoms with Crippen LogP contribution in [0.15, 0.2) is 29.4 Å². The van der Waals surface area contributed by atoms with Gasteiger partial charge in [-0.15, -0.1) is 0 Å². The van der Waals surface area contributed by atoms with Crippen LogP contribution in [0.5, 0.6) is 5.75 Å². The fourth-order valence-electron chi connectivity index (χ4n) is 4.23. The summed E-state index contributed by atoms with van der Waals surface area (Å²) in [6.45, 7) is 3.52. The van der Waals surface area contributed by atoms with Crippen LogP contribution >= 0.6 is 0 Å². The third-order valence-corrected chi connectivity index (χ3v) is 5.91. The van der Waals surface area contributed by atoms with E-state index in [1.807, 2.05) is 24.0 Å². The maximum Gasteiger partial charge on any atom is 0.223 e. The molecule has 2 aliphatic heterocycles. The monoisotopic (exact) mass is 342 g/mol. The number of hydrogen-bond donors (Lipinski definition) is 1. The normalized spacial score (nSPS) is 23.2. The molecule has 1 unspecified atom stereocenters. The minimum absolute atomic E-state index is 0.159. The highest BCUT2D eigenvalue weighted by Crippen LogP contribution is 2.45. The average molecular weight is 342 g/mol. The SMILES string of the molecule is CC1=NOC2(CCN(C(=O)CC(c3ccc(O)cc3)C3CC3)CC2)C1. The molecule has 1 N–H and O–H groups in total. The third-order valence-electron chi connectivity index (χ3n) is 5.91. The molecule has 5 nitrogen and oxygen atoms in total. The van der Waals surface area contributed by atoms with Crippen LogP contribution in [-0.4, -0.2) is 40.3 Å². The number of carbonyl (C=O) groups is 1. The zero-order valence-corrected chi connectivity index (χ0v) is 14.8. The molecule has 1 saturated heterocycles. The Balaban J connectivity index is 1.37. The molecule has 1 aromatic rings. The van der Waals surface area contributed by atoms with Crippen molar-refractivity contribution in [1.82, 2.24) is 4.90 Å². The van der Waals surface area contributed by atoms with E-state index in [1.54, 1.807) is 12.1 Å². The molecule has 1 saturated carbocycles. The third kappa shape index (κ3) is 3.51. The first-order valence-corrected chi connectivity index (χ1v) is 9.33. The topological polar surface area (TPSA) is 62.1 Å². The average Bonchev–Trinajstić information content (AvgIpc) is 3.39. The number of benzene rings is 1. The largest absolute Gasteiger partial charge is 0.508 e. The number of aromatic hydroxyl groups is 1. The number of hydrogen-bond acceptors (Lipinski definition) is 4. The maximum absolute atomic E-state index is 12.9. The van der Waals surface area contributed by atoms with Gasteiger partial charge in [-0.05, 0) is 49.3 Å². The van der Waals surface area contributed by atoms with Crippen molar-refractivity contribution >= 4 is 11.6 Å². The number of amides is 1. The summed E-state index contributed by atoms with van der Waals surface area (Å²) < 4.78 is 0. The van der Waals surface area contributed by atoms with Crippen LogP contribution in [-0.2, 0) is 9.63 Å². The lowest BCUT2D eigenvalue weighted by molar-refractivity contribution is -0.137. The van der Waals surface area contributed by atoms with E-state index >= 15 is 0 Å². The number of nitrogens with zero attached hydrogens (tertiary/aromatic N) is 2. The van der Waals surface area contributed by atoms with E-state index in [2.05, 4.69) is 5.16 Å². The molecule has 0 aromatic heterocycles. The second kappa shape index (κ2) is 6.36. The molecule has 1 aromatic carbocycles. The van der Waals surface area contributed by atoms with E-state index in [0.29, 0.717) is 12.3 Å². The summed E-state index contributed by atoms with van der Waals surface area (Å²) in [5.41, 5.74) is 2.07. The Hall–Kier alpha value is -2.04. The van der Waals surface area contributed by atoms with Crippen molar-refractivity contribution < 1.29 is 14.7 Å². The second-order valence-electron chi connectivity index (χ2n) is 7.90. The van der Waals surface area contributed by atoms with Gasteiger partial charge in [0.05, 0.1) is 5.71 Å². The molecule has 3 aliphatic rings. The second-order valence-corrected chi connectivity index (χ2v) is 7.90. The van der Waals surface area contributed by atoms with E-state index in [4.69, 9.17) is 4.84 Å². The first-order chi connectivity index (χ1) is 12.0. The van der Waals surface area contributed by atoms with Crippen molar-refractivity contribution in [2.24, 2.45) is 11.1 Å². The van der Waals surface area contributed by atoms with Crippen molar-refractivity contribution in [2.75, 3.05) is 13.1 Å². The minimum atomic E-state index is -0.159. The van der Waals surface area contributed by atoms with Crippen LogP contribution in [0.2, 0.25) is 0 Å². The number of carbonyl (C=O) groups excluding carboxylic acids is 1. The van der Waals surface area contributed by atoms with Gasteiger partial charge in [-0.3, -0.25) is 4.79 Å². The van der Waals surface area contributed by atoms with Gasteiger partial charge in [-0.1, -0.05) is 17.3 Å². The fourth-order valence-corrected chi connectivity index (χ4v) is 4.23. The van der Waals surface area contributed by atoms with E-state index in [-0.39, 0.29) is 23.2 Å². The summed E-state index contributed by atoms with van der Waals surface area (Å²) in [6, 6.07) is 7.37. The summed E-state index contributed by atoms with van der Waals surface area (Å²) in [6.07, 6.45) is 5.60. The predicted molar refractivity (Wildman–Crippen MR) is 95.5 cm³/mol. The molecule has 5 heteroatoms. The van der Waals surface area contributed by atoms with Gasteiger partial charge in [-0.25, -0.2) is 0 Å². The number of rotatable bonds is 4. The summed E-state index contributed by atoms with van der Waals surface area (Å²) in [5, 5.41) is 13.6. The molecule has 2 fully saturated rings. The van der Waals surface area contributed by atoms with E-state index in [9.17, 15) is 9.90 Å². The summed E-state index contributed by atoms with van der Waals surface area (Å²) in [5.74, 6) is 1.41. The van der Waals surface area contributed by atoms with Gasteiger partial charge < -0.3 is 14.8 Å². The van der Waals surface area contributed by atoms with Crippen molar-refractivity contribution in [3.05, 3.63) is 29.8 Å². The minimum Gasteiger partial charge on any atom is -0.508 e. The van der Waals surface area contributed by atoms with Crippen LogP contribution < -0.4 is 0 Å². The summed E-state index contributed by atoms with van der Waals surface area (Å²) in [4.78, 5) is 20.5. The van der Waals surface area contributed by atoms with Gasteiger partial charge in [0.2, 0.25) is 5.91 Å². The van der Waals surface area contributed by atoms with Crippen LogP contribution in [0, 0.1) is 5.92 Å². The molecular weight excluding hydrogens is 316 g/mol. The van der Waals surface area contributed by atoms with Crippen molar-refractivity contribution in [3.63, 3.8) is 0 Å². The van der Waals surface area contributed by atoms with Crippen molar-refractivity contribution in [2.45, 2.75) is 57.0 Å². The molecule has 0 radical (unpaired) electrons. The number of oxime groups is 1. The highest BCUT2D eigenvalue weighted by molar-refractivity contribution is 5.83. The molecule has 25 heavy (non-hydrogen) atoms. The van der Waals surface area contributed by atoms with Gasteiger partial charge in [0.25, 0.3) is 0 Å². The maximum atomic E-state index is 12.9. The highest BCUT2D eigenvalue weighted by Gasteiger charge is 2.42. The van der Waals surface area contributed by atoms with E-state index in [0.717, 1.165) is 38.1 Å². The standard InChI is InChI=1S/C20H26N2O3/c1-14-13-20(25-21-14)8-10-22(11-9-20)19(24)12-18(15-2-3-15)16-4-6-17(23)7-5-16/h4-7,15,18,23H,2-3,8-13H2,1H3. The smallest absolute Gasteiger partial charge is 0.223 e. The molecule has 1 atom stereocenters. The molecule has 2 heterocycles.